The average Bonchev–Trinajstić information content (AvgIpc) is 2.17. The van der Waals surface area contributed by atoms with Gasteiger partial charge in [-0.1, -0.05) is 38.1 Å². The minimum Gasteiger partial charge on any atom is -0.330 e. The summed E-state index contributed by atoms with van der Waals surface area (Å²) in [4.78, 5) is 0. The van der Waals surface area contributed by atoms with Crippen molar-refractivity contribution in [2.45, 2.75) is 13.8 Å². The van der Waals surface area contributed by atoms with Gasteiger partial charge in [0.15, 0.2) is 0 Å². The Morgan fingerprint density at radius 2 is 1.86 bits per heavy atom. The molecule has 0 fully saturated rings. The third-order valence-electron chi connectivity index (χ3n) is 2.12. The first kappa shape index (κ1) is 10.9. The second-order valence-corrected chi connectivity index (χ2v) is 4.08. The fourth-order valence-electron chi connectivity index (χ4n) is 0.964. The van der Waals surface area contributed by atoms with Gasteiger partial charge < -0.3 is 5.73 Å². The molecule has 2 N–H and O–H groups in total. The molecule has 76 valence electrons. The Morgan fingerprint density at radius 3 is 2.36 bits per heavy atom. The molecule has 0 aliphatic heterocycles. The Hall–Kier alpha value is -1.15. The van der Waals surface area contributed by atoms with Gasteiger partial charge in [-0.05, 0) is 23.1 Å². The minimum atomic E-state index is -0.208. The van der Waals surface area contributed by atoms with Gasteiger partial charge in [-0.2, -0.15) is 0 Å². The summed E-state index contributed by atoms with van der Waals surface area (Å²) in [5, 5.41) is 0. The van der Waals surface area contributed by atoms with Crippen LogP contribution < -0.4 is 5.73 Å². The molecule has 1 nitrogen and oxygen atoms in total. The van der Waals surface area contributed by atoms with Crippen LogP contribution in [0.25, 0.3) is 6.08 Å². The van der Waals surface area contributed by atoms with E-state index in [9.17, 15) is 4.39 Å². The molecule has 2 heteroatoms. The number of hydrogen-bond donors (Lipinski definition) is 1. The van der Waals surface area contributed by atoms with Gasteiger partial charge in [0.05, 0.1) is 0 Å². The molecule has 0 aliphatic rings. The molecule has 0 saturated heterocycles. The van der Waals surface area contributed by atoms with E-state index in [-0.39, 0.29) is 11.2 Å². The van der Waals surface area contributed by atoms with Crippen LogP contribution in [-0.4, -0.2) is 6.54 Å². The first-order chi connectivity index (χ1) is 6.53. The number of halogens is 1. The Balaban J connectivity index is 2.74. The van der Waals surface area contributed by atoms with Crippen molar-refractivity contribution in [1.29, 1.82) is 0 Å². The molecule has 1 aromatic rings. The van der Waals surface area contributed by atoms with Crippen LogP contribution in [0.2, 0.25) is 0 Å². The van der Waals surface area contributed by atoms with Crippen LogP contribution in [0, 0.1) is 11.2 Å². The van der Waals surface area contributed by atoms with Gasteiger partial charge in [0.25, 0.3) is 0 Å². The summed E-state index contributed by atoms with van der Waals surface area (Å²) in [6, 6.07) is 6.40. The zero-order valence-corrected chi connectivity index (χ0v) is 8.63. The maximum atomic E-state index is 12.6. The minimum absolute atomic E-state index is 0.00557. The Morgan fingerprint density at radius 1 is 1.29 bits per heavy atom. The Labute approximate surface area is 84.4 Å². The van der Waals surface area contributed by atoms with E-state index in [1.807, 2.05) is 12.2 Å². The summed E-state index contributed by atoms with van der Waals surface area (Å²) in [5.41, 5.74) is 6.57. The van der Waals surface area contributed by atoms with E-state index < -0.39 is 0 Å². The average molecular weight is 193 g/mol. The molecule has 0 aromatic heterocycles. The predicted molar refractivity (Wildman–Crippen MR) is 58.3 cm³/mol. The molecule has 0 spiro atoms. The monoisotopic (exact) mass is 193 g/mol. The van der Waals surface area contributed by atoms with E-state index in [1.54, 1.807) is 12.1 Å². The van der Waals surface area contributed by atoms with Crippen molar-refractivity contribution in [3.05, 3.63) is 41.7 Å². The standard InChI is InChI=1S/C12H16FN/c1-12(2,9-14)8-7-10-3-5-11(13)6-4-10/h3-8H,9,14H2,1-2H3/b8-7+. The Kier molecular flexibility index (Phi) is 3.42. The second-order valence-electron chi connectivity index (χ2n) is 4.08. The van der Waals surface area contributed by atoms with E-state index in [1.165, 1.54) is 12.1 Å². The molecule has 0 atom stereocenters. The summed E-state index contributed by atoms with van der Waals surface area (Å²) in [7, 11) is 0. The molecule has 0 amide bonds. The van der Waals surface area contributed by atoms with E-state index in [2.05, 4.69) is 13.8 Å². The van der Waals surface area contributed by atoms with E-state index in [4.69, 9.17) is 5.73 Å². The van der Waals surface area contributed by atoms with Gasteiger partial charge in [-0.25, -0.2) is 4.39 Å². The van der Waals surface area contributed by atoms with Crippen molar-refractivity contribution in [2.24, 2.45) is 11.1 Å². The molecular formula is C12H16FN. The van der Waals surface area contributed by atoms with Crippen molar-refractivity contribution in [3.8, 4) is 0 Å². The highest BCUT2D eigenvalue weighted by Gasteiger charge is 2.09. The third-order valence-corrected chi connectivity index (χ3v) is 2.12. The number of rotatable bonds is 3. The lowest BCUT2D eigenvalue weighted by Gasteiger charge is -2.16. The van der Waals surface area contributed by atoms with Crippen molar-refractivity contribution < 1.29 is 4.39 Å². The van der Waals surface area contributed by atoms with E-state index in [0.29, 0.717) is 6.54 Å². The second kappa shape index (κ2) is 4.38. The number of nitrogens with two attached hydrogens (primary N) is 1. The van der Waals surface area contributed by atoms with Crippen LogP contribution in [0.4, 0.5) is 4.39 Å². The molecule has 0 radical (unpaired) electrons. The summed E-state index contributed by atoms with van der Waals surface area (Å²) >= 11 is 0. The summed E-state index contributed by atoms with van der Waals surface area (Å²) in [6.45, 7) is 4.73. The van der Waals surface area contributed by atoms with Crippen LogP contribution >= 0.6 is 0 Å². The largest absolute Gasteiger partial charge is 0.330 e. The summed E-state index contributed by atoms with van der Waals surface area (Å²) in [6.07, 6.45) is 4.01. The first-order valence-corrected chi connectivity index (χ1v) is 4.68. The van der Waals surface area contributed by atoms with Gasteiger partial charge in [0, 0.05) is 6.54 Å². The fourth-order valence-corrected chi connectivity index (χ4v) is 0.964. The SMILES string of the molecule is CC(C)(/C=C/c1ccc(F)cc1)CN. The quantitative estimate of drug-likeness (QED) is 0.784. The Bertz CT molecular complexity index is 312. The molecule has 0 saturated carbocycles. The summed E-state index contributed by atoms with van der Waals surface area (Å²) < 4.78 is 12.6. The van der Waals surface area contributed by atoms with Crippen LogP contribution in [0.1, 0.15) is 19.4 Å². The molecule has 1 rings (SSSR count). The molecule has 0 heterocycles. The van der Waals surface area contributed by atoms with Crippen molar-refractivity contribution in [2.75, 3.05) is 6.54 Å². The lowest BCUT2D eigenvalue weighted by atomic mass is 9.92. The number of benzene rings is 1. The normalized spacial score (nSPS) is 12.3. The van der Waals surface area contributed by atoms with Crippen LogP contribution in [-0.2, 0) is 0 Å². The third kappa shape index (κ3) is 3.30. The zero-order chi connectivity index (χ0) is 10.6. The lowest BCUT2D eigenvalue weighted by Crippen LogP contribution is -2.20. The molecule has 0 aliphatic carbocycles. The molecule has 0 unspecified atom stereocenters. The highest BCUT2D eigenvalue weighted by Crippen LogP contribution is 2.16. The lowest BCUT2D eigenvalue weighted by molar-refractivity contribution is 0.498. The van der Waals surface area contributed by atoms with Crippen molar-refractivity contribution >= 4 is 6.08 Å². The predicted octanol–water partition coefficient (Wildman–Crippen LogP) is 2.82. The first-order valence-electron chi connectivity index (χ1n) is 4.68. The van der Waals surface area contributed by atoms with Crippen LogP contribution in [0.15, 0.2) is 30.3 Å². The smallest absolute Gasteiger partial charge is 0.123 e. The molecular weight excluding hydrogens is 177 g/mol. The van der Waals surface area contributed by atoms with Crippen LogP contribution in [0.3, 0.4) is 0 Å². The van der Waals surface area contributed by atoms with Gasteiger partial charge in [-0.15, -0.1) is 0 Å². The topological polar surface area (TPSA) is 26.0 Å². The van der Waals surface area contributed by atoms with Crippen LogP contribution in [0.5, 0.6) is 0 Å². The van der Waals surface area contributed by atoms with Gasteiger partial charge in [0.1, 0.15) is 5.82 Å². The summed E-state index contributed by atoms with van der Waals surface area (Å²) in [5.74, 6) is -0.208. The number of hydrogen-bond acceptors (Lipinski definition) is 1. The zero-order valence-electron chi connectivity index (χ0n) is 8.63. The van der Waals surface area contributed by atoms with Crippen molar-refractivity contribution in [3.63, 3.8) is 0 Å². The van der Waals surface area contributed by atoms with Gasteiger partial charge >= 0.3 is 0 Å². The van der Waals surface area contributed by atoms with Gasteiger partial charge in [0.2, 0.25) is 0 Å². The van der Waals surface area contributed by atoms with Crippen molar-refractivity contribution in [1.82, 2.24) is 0 Å². The van der Waals surface area contributed by atoms with Gasteiger partial charge in [-0.3, -0.25) is 0 Å². The molecule has 0 bridgehead atoms. The maximum Gasteiger partial charge on any atom is 0.123 e. The highest BCUT2D eigenvalue weighted by molar-refractivity contribution is 5.49. The maximum absolute atomic E-state index is 12.6. The fraction of sp³-hybridized carbons (Fsp3) is 0.333. The molecule has 14 heavy (non-hydrogen) atoms. The van der Waals surface area contributed by atoms with E-state index in [0.717, 1.165) is 5.56 Å². The highest BCUT2D eigenvalue weighted by atomic mass is 19.1. The van der Waals surface area contributed by atoms with E-state index >= 15 is 0 Å². The molecule has 1 aromatic carbocycles.